The minimum atomic E-state index is -0.673. The fourth-order valence-corrected chi connectivity index (χ4v) is 4.40. The predicted molar refractivity (Wildman–Crippen MR) is 136 cm³/mol. The van der Waals surface area contributed by atoms with Crippen LogP contribution in [0.15, 0.2) is 89.8 Å². The van der Waals surface area contributed by atoms with Crippen molar-refractivity contribution >= 4 is 23.6 Å². The minimum absolute atomic E-state index is 0.134. The molecule has 0 saturated heterocycles. The molecule has 0 aliphatic heterocycles. The number of hydrogen-bond donors (Lipinski definition) is 1. The van der Waals surface area contributed by atoms with Gasteiger partial charge in [-0.3, -0.25) is 9.59 Å². The molecule has 0 aliphatic rings. The number of benzene rings is 3. The normalized spacial score (nSPS) is 11.6. The van der Waals surface area contributed by atoms with Crippen LogP contribution in [0.3, 0.4) is 0 Å². The van der Waals surface area contributed by atoms with Gasteiger partial charge in [-0.1, -0.05) is 74.0 Å². The van der Waals surface area contributed by atoms with Crippen LogP contribution in [0.1, 0.15) is 30.9 Å². The highest BCUT2D eigenvalue weighted by Crippen LogP contribution is 2.21. The molecule has 0 fully saturated rings. The number of thioether (sulfide) groups is 1. The van der Waals surface area contributed by atoms with Crippen molar-refractivity contribution in [3.05, 3.63) is 102 Å². The molecule has 6 heteroatoms. The lowest BCUT2D eigenvalue weighted by atomic mass is 10.0. The summed E-state index contributed by atoms with van der Waals surface area (Å²) in [6.07, 6.45) is 2.25. The Morgan fingerprint density at radius 3 is 2.21 bits per heavy atom. The van der Waals surface area contributed by atoms with Crippen LogP contribution < -0.4 is 5.32 Å². The molecule has 4 nitrogen and oxygen atoms in total. The molecule has 0 bridgehead atoms. The summed E-state index contributed by atoms with van der Waals surface area (Å²) in [6, 6.07) is 24.8. The monoisotopic (exact) mass is 478 g/mol. The SMILES string of the molecule is CCCCNC(=O)[C@@H](Cc1ccccc1)N(Cc1ccc(F)cc1)C(=O)CSc1ccccc1. The molecule has 3 rings (SSSR count). The Morgan fingerprint density at radius 1 is 0.912 bits per heavy atom. The molecule has 0 spiro atoms. The second-order valence-electron chi connectivity index (χ2n) is 8.10. The average molecular weight is 479 g/mol. The number of halogens is 1. The standard InChI is InChI=1S/C28H31FN2O2S/c1-2-3-18-30-28(33)26(19-22-10-6-4-7-11-22)31(20-23-14-16-24(29)17-15-23)27(32)21-34-25-12-8-5-9-13-25/h4-17,26H,2-3,18-21H2,1H3,(H,30,33)/t26-/m1/s1. The largest absolute Gasteiger partial charge is 0.354 e. The summed E-state index contributed by atoms with van der Waals surface area (Å²) in [6.45, 7) is 2.86. The lowest BCUT2D eigenvalue weighted by Gasteiger charge is -2.31. The number of nitrogens with zero attached hydrogens (tertiary/aromatic N) is 1. The van der Waals surface area contributed by atoms with E-state index in [0.717, 1.165) is 28.9 Å². The van der Waals surface area contributed by atoms with Crippen LogP contribution in [0.25, 0.3) is 0 Å². The highest BCUT2D eigenvalue weighted by Gasteiger charge is 2.30. The maximum atomic E-state index is 13.5. The summed E-state index contributed by atoms with van der Waals surface area (Å²) in [5.74, 6) is -0.430. The molecule has 2 amide bonds. The quantitative estimate of drug-likeness (QED) is 0.277. The van der Waals surface area contributed by atoms with E-state index in [1.165, 1.54) is 23.9 Å². The molecule has 1 N–H and O–H groups in total. The Kier molecular flexibility index (Phi) is 10.2. The van der Waals surface area contributed by atoms with Gasteiger partial charge in [0.15, 0.2) is 0 Å². The highest BCUT2D eigenvalue weighted by atomic mass is 32.2. The van der Waals surface area contributed by atoms with Gasteiger partial charge >= 0.3 is 0 Å². The summed E-state index contributed by atoms with van der Waals surface area (Å²) >= 11 is 1.44. The van der Waals surface area contributed by atoms with Crippen LogP contribution in [0, 0.1) is 5.82 Å². The fourth-order valence-electron chi connectivity index (χ4n) is 3.59. The molecule has 0 aliphatic carbocycles. The van der Waals surface area contributed by atoms with Crippen LogP contribution in [-0.4, -0.2) is 35.1 Å². The molecule has 0 saturated carbocycles. The van der Waals surface area contributed by atoms with Crippen molar-refractivity contribution in [2.75, 3.05) is 12.3 Å². The zero-order chi connectivity index (χ0) is 24.2. The highest BCUT2D eigenvalue weighted by molar-refractivity contribution is 8.00. The summed E-state index contributed by atoms with van der Waals surface area (Å²) in [5, 5.41) is 3.01. The van der Waals surface area contributed by atoms with Gasteiger partial charge in [0.1, 0.15) is 11.9 Å². The predicted octanol–water partition coefficient (Wildman–Crippen LogP) is 5.47. The topological polar surface area (TPSA) is 49.4 Å². The van der Waals surface area contributed by atoms with E-state index in [4.69, 9.17) is 0 Å². The third-order valence-electron chi connectivity index (χ3n) is 5.47. The van der Waals surface area contributed by atoms with Gasteiger partial charge in [0.2, 0.25) is 11.8 Å². The van der Waals surface area contributed by atoms with E-state index >= 15 is 0 Å². The van der Waals surface area contributed by atoms with Crippen molar-refractivity contribution in [3.8, 4) is 0 Å². The zero-order valence-electron chi connectivity index (χ0n) is 19.5. The van der Waals surface area contributed by atoms with E-state index in [-0.39, 0.29) is 29.9 Å². The number of carbonyl (C=O) groups excluding carboxylic acids is 2. The Bertz CT molecular complexity index is 1030. The molecular formula is C28H31FN2O2S. The molecule has 34 heavy (non-hydrogen) atoms. The first kappa shape index (κ1) is 25.5. The van der Waals surface area contributed by atoms with Gasteiger partial charge in [-0.25, -0.2) is 4.39 Å². The molecule has 0 radical (unpaired) electrons. The first-order chi connectivity index (χ1) is 16.6. The zero-order valence-corrected chi connectivity index (χ0v) is 20.3. The Hall–Kier alpha value is -3.12. The van der Waals surface area contributed by atoms with E-state index in [1.54, 1.807) is 17.0 Å². The van der Waals surface area contributed by atoms with Crippen molar-refractivity contribution in [3.63, 3.8) is 0 Å². The van der Waals surface area contributed by atoms with Crippen LogP contribution in [0.4, 0.5) is 4.39 Å². The Morgan fingerprint density at radius 2 is 1.56 bits per heavy atom. The van der Waals surface area contributed by atoms with Crippen molar-refractivity contribution in [2.24, 2.45) is 0 Å². The van der Waals surface area contributed by atoms with Crippen molar-refractivity contribution in [1.82, 2.24) is 10.2 Å². The molecule has 3 aromatic carbocycles. The van der Waals surface area contributed by atoms with Crippen LogP contribution in [-0.2, 0) is 22.6 Å². The second kappa shape index (κ2) is 13.6. The molecule has 0 unspecified atom stereocenters. The van der Waals surface area contributed by atoms with E-state index in [2.05, 4.69) is 12.2 Å². The number of nitrogens with one attached hydrogen (secondary N) is 1. The van der Waals surface area contributed by atoms with Gasteiger partial charge in [0, 0.05) is 24.4 Å². The summed E-state index contributed by atoms with van der Waals surface area (Å²) in [7, 11) is 0. The van der Waals surface area contributed by atoms with Crippen molar-refractivity contribution in [2.45, 2.75) is 43.7 Å². The third-order valence-corrected chi connectivity index (χ3v) is 6.47. The van der Waals surface area contributed by atoms with Gasteiger partial charge in [-0.05, 0) is 41.8 Å². The van der Waals surface area contributed by atoms with E-state index in [9.17, 15) is 14.0 Å². The first-order valence-corrected chi connectivity index (χ1v) is 12.6. The van der Waals surface area contributed by atoms with E-state index in [0.29, 0.717) is 13.0 Å². The number of amides is 2. The molecule has 3 aromatic rings. The maximum Gasteiger partial charge on any atom is 0.243 e. The lowest BCUT2D eigenvalue weighted by Crippen LogP contribution is -2.51. The minimum Gasteiger partial charge on any atom is -0.354 e. The van der Waals surface area contributed by atoms with Crippen LogP contribution >= 0.6 is 11.8 Å². The average Bonchev–Trinajstić information content (AvgIpc) is 2.87. The van der Waals surface area contributed by atoms with Crippen molar-refractivity contribution < 1.29 is 14.0 Å². The smallest absolute Gasteiger partial charge is 0.243 e. The van der Waals surface area contributed by atoms with Gasteiger partial charge < -0.3 is 10.2 Å². The number of hydrogen-bond acceptors (Lipinski definition) is 3. The molecular weight excluding hydrogens is 447 g/mol. The Labute approximate surface area is 205 Å². The van der Waals surface area contributed by atoms with Gasteiger partial charge in [-0.15, -0.1) is 11.8 Å². The van der Waals surface area contributed by atoms with Gasteiger partial charge in [-0.2, -0.15) is 0 Å². The number of rotatable bonds is 12. The first-order valence-electron chi connectivity index (χ1n) is 11.6. The molecule has 0 heterocycles. The summed E-state index contributed by atoms with van der Waals surface area (Å²) < 4.78 is 13.5. The van der Waals surface area contributed by atoms with Crippen LogP contribution in [0.5, 0.6) is 0 Å². The van der Waals surface area contributed by atoms with E-state index in [1.807, 2.05) is 60.7 Å². The van der Waals surface area contributed by atoms with Crippen LogP contribution in [0.2, 0.25) is 0 Å². The molecule has 0 aromatic heterocycles. The Balaban J connectivity index is 1.86. The fraction of sp³-hybridized carbons (Fsp3) is 0.286. The van der Waals surface area contributed by atoms with E-state index < -0.39 is 6.04 Å². The lowest BCUT2D eigenvalue weighted by molar-refractivity contribution is -0.139. The number of carbonyl (C=O) groups is 2. The van der Waals surface area contributed by atoms with Gasteiger partial charge in [0.05, 0.1) is 5.75 Å². The maximum absolute atomic E-state index is 13.5. The second-order valence-corrected chi connectivity index (χ2v) is 9.15. The van der Waals surface area contributed by atoms with Crippen molar-refractivity contribution in [1.29, 1.82) is 0 Å². The summed E-state index contributed by atoms with van der Waals surface area (Å²) in [4.78, 5) is 29.4. The summed E-state index contributed by atoms with van der Waals surface area (Å²) in [5.41, 5.74) is 1.75. The van der Waals surface area contributed by atoms with Gasteiger partial charge in [0.25, 0.3) is 0 Å². The molecule has 178 valence electrons. The third kappa shape index (κ3) is 8.03. The molecule has 1 atom stereocenters. The number of unbranched alkanes of at least 4 members (excludes halogenated alkanes) is 1.